The number of hydrogen-bond donors (Lipinski definition) is 1. The van der Waals surface area contributed by atoms with Crippen LogP contribution in [-0.4, -0.2) is 16.3 Å². The van der Waals surface area contributed by atoms with Gasteiger partial charge < -0.3 is 5.32 Å². The molecule has 0 aliphatic heterocycles. The van der Waals surface area contributed by atoms with Crippen molar-refractivity contribution in [1.82, 2.24) is 15.1 Å². The minimum absolute atomic E-state index is 0.172. The Morgan fingerprint density at radius 1 is 1.24 bits per heavy atom. The molecular formula is C17H24FN3. The van der Waals surface area contributed by atoms with Crippen LogP contribution in [0.5, 0.6) is 0 Å². The van der Waals surface area contributed by atoms with Crippen LogP contribution in [0.3, 0.4) is 0 Å². The van der Waals surface area contributed by atoms with Crippen LogP contribution in [0.15, 0.2) is 24.4 Å². The Morgan fingerprint density at radius 3 is 2.57 bits per heavy atom. The van der Waals surface area contributed by atoms with Gasteiger partial charge in [-0.15, -0.1) is 0 Å². The minimum Gasteiger partial charge on any atom is -0.310 e. The lowest BCUT2D eigenvalue weighted by molar-refractivity contribution is 0.593. The largest absolute Gasteiger partial charge is 0.310 e. The molecule has 1 aromatic carbocycles. The van der Waals surface area contributed by atoms with Gasteiger partial charge in [-0.05, 0) is 42.6 Å². The van der Waals surface area contributed by atoms with E-state index in [1.807, 2.05) is 19.3 Å². The van der Waals surface area contributed by atoms with E-state index in [1.165, 1.54) is 6.07 Å². The van der Waals surface area contributed by atoms with E-state index in [0.717, 1.165) is 28.9 Å². The van der Waals surface area contributed by atoms with Gasteiger partial charge in [0.1, 0.15) is 5.82 Å². The lowest BCUT2D eigenvalue weighted by atomic mass is 9.93. The molecule has 0 saturated carbocycles. The molecule has 0 aliphatic rings. The maximum Gasteiger partial charge on any atom is 0.123 e. The van der Waals surface area contributed by atoms with Crippen molar-refractivity contribution in [3.63, 3.8) is 0 Å². The Bertz CT molecular complexity index is 616. The second kappa shape index (κ2) is 6.39. The molecule has 114 valence electrons. The molecule has 2 aromatic rings. The van der Waals surface area contributed by atoms with Gasteiger partial charge in [0.2, 0.25) is 0 Å². The Hall–Kier alpha value is -1.68. The highest BCUT2D eigenvalue weighted by Gasteiger charge is 2.19. The Labute approximate surface area is 126 Å². The van der Waals surface area contributed by atoms with Gasteiger partial charge in [0.05, 0.1) is 5.69 Å². The fraction of sp³-hybridized carbons (Fsp3) is 0.471. The molecule has 0 saturated heterocycles. The summed E-state index contributed by atoms with van der Waals surface area (Å²) in [4.78, 5) is 0. The molecule has 4 heteroatoms. The fourth-order valence-electron chi connectivity index (χ4n) is 2.70. The predicted octanol–water partition coefficient (Wildman–Crippen LogP) is 4.02. The van der Waals surface area contributed by atoms with E-state index < -0.39 is 0 Å². The first-order chi connectivity index (χ1) is 9.93. The topological polar surface area (TPSA) is 29.9 Å². The molecule has 1 unspecified atom stereocenters. The first kappa shape index (κ1) is 15.7. The van der Waals surface area contributed by atoms with Crippen molar-refractivity contribution in [2.24, 2.45) is 7.05 Å². The quantitative estimate of drug-likeness (QED) is 0.901. The summed E-state index contributed by atoms with van der Waals surface area (Å²) in [7, 11) is 1.90. The first-order valence-corrected chi connectivity index (χ1v) is 7.50. The third-order valence-electron chi connectivity index (χ3n) is 3.69. The van der Waals surface area contributed by atoms with Gasteiger partial charge in [0.25, 0.3) is 0 Å². The van der Waals surface area contributed by atoms with E-state index in [4.69, 9.17) is 0 Å². The van der Waals surface area contributed by atoms with Gasteiger partial charge in [-0.3, -0.25) is 4.68 Å². The summed E-state index contributed by atoms with van der Waals surface area (Å²) in [5.41, 5.74) is 4.06. The van der Waals surface area contributed by atoms with Gasteiger partial charge in [-0.1, -0.05) is 26.8 Å². The van der Waals surface area contributed by atoms with E-state index in [0.29, 0.717) is 5.92 Å². The van der Waals surface area contributed by atoms with Crippen LogP contribution in [0.1, 0.15) is 50.9 Å². The van der Waals surface area contributed by atoms with E-state index in [2.05, 4.69) is 38.1 Å². The van der Waals surface area contributed by atoms with Crippen molar-refractivity contribution in [2.45, 2.75) is 39.7 Å². The van der Waals surface area contributed by atoms with Gasteiger partial charge in [-0.25, -0.2) is 4.39 Å². The van der Waals surface area contributed by atoms with Gasteiger partial charge in [0, 0.05) is 24.8 Å². The number of aromatic nitrogens is 2. The number of nitrogens with one attached hydrogen (secondary N) is 1. The number of rotatable bonds is 5. The summed E-state index contributed by atoms with van der Waals surface area (Å²) in [6.45, 7) is 9.27. The molecule has 0 amide bonds. The number of benzene rings is 1. The monoisotopic (exact) mass is 289 g/mol. The van der Waals surface area contributed by atoms with Gasteiger partial charge >= 0.3 is 0 Å². The lowest BCUT2D eigenvalue weighted by Crippen LogP contribution is -2.18. The Balaban J connectivity index is 2.59. The van der Waals surface area contributed by atoms with Crippen LogP contribution >= 0.6 is 0 Å². The SMILES string of the molecule is CCNC(C)c1ccc(F)cc1-c1cn(C)nc1C(C)C. The minimum atomic E-state index is -0.212. The molecule has 3 nitrogen and oxygen atoms in total. The maximum atomic E-state index is 13.8. The Morgan fingerprint density at radius 2 is 1.95 bits per heavy atom. The summed E-state index contributed by atoms with van der Waals surface area (Å²) in [6.07, 6.45) is 1.98. The van der Waals surface area contributed by atoms with E-state index in [1.54, 1.807) is 10.7 Å². The molecule has 1 atom stereocenters. The molecule has 0 radical (unpaired) electrons. The third kappa shape index (κ3) is 3.32. The third-order valence-corrected chi connectivity index (χ3v) is 3.69. The van der Waals surface area contributed by atoms with E-state index in [-0.39, 0.29) is 11.9 Å². The highest BCUT2D eigenvalue weighted by atomic mass is 19.1. The molecular weight excluding hydrogens is 265 g/mol. The molecule has 0 spiro atoms. The van der Waals surface area contributed by atoms with Crippen molar-refractivity contribution in [1.29, 1.82) is 0 Å². The van der Waals surface area contributed by atoms with Crippen LogP contribution < -0.4 is 5.32 Å². The standard InChI is InChI=1S/C17H24FN3/c1-6-19-12(4)14-8-7-13(18)9-15(14)16-10-21(5)20-17(16)11(2)3/h7-12,19H,6H2,1-5H3. The average Bonchev–Trinajstić information content (AvgIpc) is 2.81. The molecule has 1 heterocycles. The van der Waals surface area contributed by atoms with Crippen LogP contribution in [0.25, 0.3) is 11.1 Å². The molecule has 1 aromatic heterocycles. The van der Waals surface area contributed by atoms with Crippen LogP contribution in [0.4, 0.5) is 4.39 Å². The van der Waals surface area contributed by atoms with Crippen molar-refractivity contribution in [3.05, 3.63) is 41.5 Å². The van der Waals surface area contributed by atoms with Gasteiger partial charge in [-0.2, -0.15) is 5.10 Å². The number of nitrogens with zero attached hydrogens (tertiary/aromatic N) is 2. The zero-order valence-corrected chi connectivity index (χ0v) is 13.4. The highest BCUT2D eigenvalue weighted by molar-refractivity contribution is 5.70. The second-order valence-corrected chi connectivity index (χ2v) is 5.77. The molecule has 2 rings (SSSR count). The Kier molecular flexibility index (Phi) is 4.78. The average molecular weight is 289 g/mol. The summed E-state index contributed by atoms with van der Waals surface area (Å²) >= 11 is 0. The highest BCUT2D eigenvalue weighted by Crippen LogP contribution is 2.33. The number of hydrogen-bond acceptors (Lipinski definition) is 2. The lowest BCUT2D eigenvalue weighted by Gasteiger charge is -2.18. The van der Waals surface area contributed by atoms with Crippen molar-refractivity contribution in [3.8, 4) is 11.1 Å². The smallest absolute Gasteiger partial charge is 0.123 e. The number of aryl methyl sites for hydroxylation is 1. The normalized spacial score (nSPS) is 12.9. The van der Waals surface area contributed by atoms with Crippen LogP contribution in [0, 0.1) is 5.82 Å². The molecule has 0 bridgehead atoms. The molecule has 0 fully saturated rings. The van der Waals surface area contributed by atoms with Crippen LogP contribution in [0.2, 0.25) is 0 Å². The second-order valence-electron chi connectivity index (χ2n) is 5.77. The van der Waals surface area contributed by atoms with E-state index >= 15 is 0 Å². The molecule has 21 heavy (non-hydrogen) atoms. The maximum absolute atomic E-state index is 13.8. The van der Waals surface area contributed by atoms with E-state index in [9.17, 15) is 4.39 Å². The zero-order chi connectivity index (χ0) is 15.6. The fourth-order valence-corrected chi connectivity index (χ4v) is 2.70. The first-order valence-electron chi connectivity index (χ1n) is 7.50. The predicted molar refractivity (Wildman–Crippen MR) is 84.8 cm³/mol. The molecule has 0 aliphatic carbocycles. The summed E-state index contributed by atoms with van der Waals surface area (Å²) in [5, 5.41) is 7.93. The summed E-state index contributed by atoms with van der Waals surface area (Å²) in [6, 6.07) is 5.19. The van der Waals surface area contributed by atoms with Gasteiger partial charge in [0.15, 0.2) is 0 Å². The number of halogens is 1. The van der Waals surface area contributed by atoms with Crippen LogP contribution in [-0.2, 0) is 7.05 Å². The summed E-state index contributed by atoms with van der Waals surface area (Å²) in [5.74, 6) is 0.0859. The van der Waals surface area contributed by atoms with Crippen molar-refractivity contribution in [2.75, 3.05) is 6.54 Å². The molecule has 1 N–H and O–H groups in total. The summed E-state index contributed by atoms with van der Waals surface area (Å²) < 4.78 is 15.6. The van der Waals surface area contributed by atoms with Crippen molar-refractivity contribution < 1.29 is 4.39 Å². The zero-order valence-electron chi connectivity index (χ0n) is 13.4. The van der Waals surface area contributed by atoms with Crippen molar-refractivity contribution >= 4 is 0 Å².